The molecular formula is C23H15Cl2NO2. The molecule has 0 spiro atoms. The van der Waals surface area contributed by atoms with E-state index >= 15 is 0 Å². The lowest BCUT2D eigenvalue weighted by Gasteiger charge is -2.03. The van der Waals surface area contributed by atoms with Gasteiger partial charge in [-0.15, -0.1) is 0 Å². The molecule has 0 unspecified atom stereocenters. The number of ether oxygens (including phenoxy) is 2. The molecule has 138 valence electrons. The van der Waals surface area contributed by atoms with Crippen molar-refractivity contribution in [1.29, 1.82) is 0 Å². The number of pyridine rings is 1. The molecule has 1 aromatic heterocycles. The minimum atomic E-state index is 0.215. The largest absolute Gasteiger partial charge is 0.479 e. The van der Waals surface area contributed by atoms with Crippen LogP contribution >= 0.6 is 23.2 Å². The lowest BCUT2D eigenvalue weighted by atomic mass is 10.3. The number of aromatic nitrogens is 1. The van der Waals surface area contributed by atoms with Gasteiger partial charge in [-0.3, -0.25) is 0 Å². The van der Waals surface area contributed by atoms with Crippen molar-refractivity contribution in [3.63, 3.8) is 0 Å². The van der Waals surface area contributed by atoms with Gasteiger partial charge in [0.1, 0.15) is 36.1 Å². The molecule has 3 rings (SSSR count). The van der Waals surface area contributed by atoms with Crippen LogP contribution in [0.1, 0.15) is 11.4 Å². The molecule has 0 fully saturated rings. The lowest BCUT2D eigenvalue weighted by Crippen LogP contribution is -1.95. The summed E-state index contributed by atoms with van der Waals surface area (Å²) in [6.07, 6.45) is 0. The zero-order valence-electron chi connectivity index (χ0n) is 14.8. The Labute approximate surface area is 174 Å². The third-order valence-corrected chi connectivity index (χ3v) is 4.08. The molecule has 1 heterocycles. The van der Waals surface area contributed by atoms with Crippen LogP contribution < -0.4 is 9.47 Å². The molecular weight excluding hydrogens is 393 g/mol. The maximum absolute atomic E-state index is 6.03. The molecule has 0 amide bonds. The normalized spacial score (nSPS) is 9.50. The zero-order valence-corrected chi connectivity index (χ0v) is 16.3. The lowest BCUT2D eigenvalue weighted by molar-refractivity contribution is 0.370. The molecule has 3 nitrogen and oxygen atoms in total. The molecule has 0 saturated heterocycles. The van der Waals surface area contributed by atoms with Crippen LogP contribution in [0.4, 0.5) is 0 Å². The first-order chi connectivity index (χ1) is 13.7. The fourth-order valence-corrected chi connectivity index (χ4v) is 2.56. The van der Waals surface area contributed by atoms with Crippen molar-refractivity contribution in [1.82, 2.24) is 4.98 Å². The number of nitrogens with zero attached hydrogens (tertiary/aromatic N) is 1. The number of para-hydroxylation sites is 2. The first kappa shape index (κ1) is 19.6. The second-order valence-corrected chi connectivity index (χ2v) is 6.26. The molecule has 3 aromatic rings. The summed E-state index contributed by atoms with van der Waals surface area (Å²) in [6, 6.07) is 20.0. The quantitative estimate of drug-likeness (QED) is 0.553. The van der Waals surface area contributed by atoms with Crippen molar-refractivity contribution in [2.75, 3.05) is 13.2 Å². The number of rotatable bonds is 4. The average Bonchev–Trinajstić information content (AvgIpc) is 2.71. The van der Waals surface area contributed by atoms with Gasteiger partial charge in [0, 0.05) is 0 Å². The van der Waals surface area contributed by atoms with Gasteiger partial charge in [0.25, 0.3) is 0 Å². The molecule has 0 aliphatic heterocycles. The van der Waals surface area contributed by atoms with Gasteiger partial charge in [0.15, 0.2) is 0 Å². The Morgan fingerprint density at radius 3 is 1.57 bits per heavy atom. The van der Waals surface area contributed by atoms with E-state index in [4.69, 9.17) is 32.7 Å². The van der Waals surface area contributed by atoms with Gasteiger partial charge in [0.2, 0.25) is 0 Å². The number of halogens is 2. The highest BCUT2D eigenvalue weighted by atomic mass is 35.5. The average molecular weight is 408 g/mol. The summed E-state index contributed by atoms with van der Waals surface area (Å²) in [4.78, 5) is 4.39. The molecule has 0 aliphatic carbocycles. The maximum atomic E-state index is 6.03. The Hall–Kier alpha value is -3.11. The smallest absolute Gasteiger partial charge is 0.149 e. The van der Waals surface area contributed by atoms with Gasteiger partial charge in [-0.2, -0.15) is 0 Å². The van der Waals surface area contributed by atoms with E-state index in [0.717, 1.165) is 0 Å². The molecule has 0 radical (unpaired) electrons. The summed E-state index contributed by atoms with van der Waals surface area (Å²) in [5, 5.41) is 1.11. The Bertz CT molecular complexity index is 992. The predicted octanol–water partition coefficient (Wildman–Crippen LogP) is 5.25. The van der Waals surface area contributed by atoms with Crippen LogP contribution in [0.25, 0.3) is 0 Å². The van der Waals surface area contributed by atoms with Gasteiger partial charge in [0.05, 0.1) is 10.0 Å². The van der Waals surface area contributed by atoms with Crippen LogP contribution in [-0.2, 0) is 0 Å². The minimum absolute atomic E-state index is 0.215. The van der Waals surface area contributed by atoms with Crippen LogP contribution in [0.5, 0.6) is 11.5 Å². The van der Waals surface area contributed by atoms with Gasteiger partial charge in [-0.25, -0.2) is 4.98 Å². The second kappa shape index (κ2) is 10.3. The monoisotopic (exact) mass is 407 g/mol. The molecule has 0 aliphatic rings. The molecule has 0 atom stereocenters. The third-order valence-electron chi connectivity index (χ3n) is 3.45. The van der Waals surface area contributed by atoms with E-state index < -0.39 is 0 Å². The van der Waals surface area contributed by atoms with E-state index in [1.54, 1.807) is 24.3 Å². The van der Waals surface area contributed by atoms with E-state index in [1.165, 1.54) is 0 Å². The summed E-state index contributed by atoms with van der Waals surface area (Å²) in [7, 11) is 0. The van der Waals surface area contributed by atoms with Gasteiger partial charge >= 0.3 is 0 Å². The highest BCUT2D eigenvalue weighted by Crippen LogP contribution is 2.23. The first-order valence-corrected chi connectivity index (χ1v) is 9.17. The maximum Gasteiger partial charge on any atom is 0.149 e. The SMILES string of the molecule is Clc1ccccc1OCC#Cc1cccc(C#CCOc2ccccc2Cl)n1. The topological polar surface area (TPSA) is 31.4 Å². The zero-order chi connectivity index (χ0) is 19.6. The van der Waals surface area contributed by atoms with Crippen molar-refractivity contribution in [2.45, 2.75) is 0 Å². The molecule has 0 saturated carbocycles. The van der Waals surface area contributed by atoms with Gasteiger partial charge in [-0.05, 0) is 48.2 Å². The van der Waals surface area contributed by atoms with Crippen molar-refractivity contribution >= 4 is 23.2 Å². The Morgan fingerprint density at radius 2 is 1.11 bits per heavy atom. The van der Waals surface area contributed by atoms with E-state index in [2.05, 4.69) is 28.7 Å². The van der Waals surface area contributed by atoms with Crippen LogP contribution in [0.3, 0.4) is 0 Å². The second-order valence-electron chi connectivity index (χ2n) is 5.45. The van der Waals surface area contributed by atoms with Gasteiger partial charge in [-0.1, -0.05) is 65.4 Å². The summed E-state index contributed by atoms with van der Waals surface area (Å²) < 4.78 is 11.1. The van der Waals surface area contributed by atoms with Crippen LogP contribution in [-0.4, -0.2) is 18.2 Å². The highest BCUT2D eigenvalue weighted by molar-refractivity contribution is 6.32. The van der Waals surface area contributed by atoms with Crippen LogP contribution in [0.2, 0.25) is 10.0 Å². The fraction of sp³-hybridized carbons (Fsp3) is 0.0870. The highest BCUT2D eigenvalue weighted by Gasteiger charge is 1.98. The first-order valence-electron chi connectivity index (χ1n) is 8.42. The van der Waals surface area contributed by atoms with Crippen molar-refractivity contribution in [3.05, 3.63) is 88.2 Å². The standard InChI is InChI=1S/C23H15Cl2NO2/c24-20-12-1-3-14-22(20)27-16-6-10-18-8-5-9-19(26-18)11-7-17-28-23-15-4-2-13-21(23)25/h1-5,8-9,12-15H,16-17H2. The molecule has 5 heteroatoms. The van der Waals surface area contributed by atoms with E-state index in [1.807, 2.05) is 42.5 Å². The number of benzene rings is 2. The predicted molar refractivity (Wildman–Crippen MR) is 112 cm³/mol. The summed E-state index contributed by atoms with van der Waals surface area (Å²) in [5.41, 5.74) is 1.23. The molecule has 0 bridgehead atoms. The van der Waals surface area contributed by atoms with E-state index in [0.29, 0.717) is 32.9 Å². The molecule has 28 heavy (non-hydrogen) atoms. The van der Waals surface area contributed by atoms with Gasteiger partial charge < -0.3 is 9.47 Å². The summed E-state index contributed by atoms with van der Waals surface area (Å²) in [5.74, 6) is 12.9. The molecule has 2 aromatic carbocycles. The van der Waals surface area contributed by atoms with E-state index in [-0.39, 0.29) is 13.2 Å². The van der Waals surface area contributed by atoms with Crippen molar-refractivity contribution in [3.8, 4) is 35.2 Å². The van der Waals surface area contributed by atoms with Crippen molar-refractivity contribution < 1.29 is 9.47 Å². The minimum Gasteiger partial charge on any atom is -0.479 e. The van der Waals surface area contributed by atoms with Crippen LogP contribution in [0.15, 0.2) is 66.7 Å². The number of hydrogen-bond acceptors (Lipinski definition) is 3. The summed E-state index contributed by atoms with van der Waals surface area (Å²) in [6.45, 7) is 0.431. The Morgan fingerprint density at radius 1 is 0.643 bits per heavy atom. The van der Waals surface area contributed by atoms with Crippen molar-refractivity contribution in [2.24, 2.45) is 0 Å². The van der Waals surface area contributed by atoms with Crippen LogP contribution in [0, 0.1) is 23.7 Å². The summed E-state index contributed by atoms with van der Waals surface area (Å²) >= 11 is 12.1. The fourth-order valence-electron chi connectivity index (χ4n) is 2.18. The molecule has 0 N–H and O–H groups in total. The Balaban J connectivity index is 1.55. The number of hydrogen-bond donors (Lipinski definition) is 0. The third kappa shape index (κ3) is 5.96. The van der Waals surface area contributed by atoms with E-state index in [9.17, 15) is 0 Å². The Kier molecular flexibility index (Phi) is 7.21.